The molecule has 0 unspecified atom stereocenters. The molecule has 0 atom stereocenters. The molecule has 1 aliphatic carbocycles. The molecule has 0 bridgehead atoms. The number of fused-ring (bicyclic) bond motifs is 3. The predicted octanol–water partition coefficient (Wildman–Crippen LogP) is 10.7. The summed E-state index contributed by atoms with van der Waals surface area (Å²) < 4.78 is 0. The molecule has 0 fully saturated rings. The van der Waals surface area contributed by atoms with Gasteiger partial charge >= 0.3 is 0 Å². The SMILES string of the molecule is Cc1cnccc1-c1ccc(-c2cccc(-c3c4ccccc4c(-c4ccc5c(c4)CCC=C5)c4ccccc34)c2)cn1. The van der Waals surface area contributed by atoms with Gasteiger partial charge in [0.1, 0.15) is 0 Å². The molecule has 8 rings (SSSR count). The third-order valence-electron chi connectivity index (χ3n) is 8.79. The Morgan fingerprint density at radius 2 is 1.26 bits per heavy atom. The van der Waals surface area contributed by atoms with Crippen molar-refractivity contribution in [2.24, 2.45) is 0 Å². The highest BCUT2D eigenvalue weighted by atomic mass is 14.7. The van der Waals surface area contributed by atoms with Crippen LogP contribution in [0.1, 0.15) is 23.1 Å². The molecule has 1 aliphatic rings. The number of pyridine rings is 2. The minimum atomic E-state index is 0.964. The summed E-state index contributed by atoms with van der Waals surface area (Å²) in [6.45, 7) is 2.07. The molecule has 0 amide bonds. The zero-order chi connectivity index (χ0) is 28.8. The van der Waals surface area contributed by atoms with Crippen LogP contribution in [-0.2, 0) is 6.42 Å². The maximum atomic E-state index is 4.83. The summed E-state index contributed by atoms with van der Waals surface area (Å²) in [5, 5.41) is 5.11. The Bertz CT molecular complexity index is 2130. The number of aromatic nitrogens is 2. The summed E-state index contributed by atoms with van der Waals surface area (Å²) in [7, 11) is 0. The number of rotatable bonds is 4. The van der Waals surface area contributed by atoms with E-state index in [9.17, 15) is 0 Å². The first-order valence-corrected chi connectivity index (χ1v) is 15.0. The second-order valence-corrected chi connectivity index (χ2v) is 11.4. The molecule has 2 nitrogen and oxygen atoms in total. The molecule has 0 N–H and O–H groups in total. The van der Waals surface area contributed by atoms with Crippen LogP contribution in [0, 0.1) is 6.92 Å². The highest BCUT2D eigenvalue weighted by Crippen LogP contribution is 2.44. The first kappa shape index (κ1) is 25.4. The van der Waals surface area contributed by atoms with Crippen LogP contribution in [0.2, 0.25) is 0 Å². The largest absolute Gasteiger partial charge is 0.264 e. The van der Waals surface area contributed by atoms with Gasteiger partial charge in [-0.1, -0.05) is 103 Å². The third-order valence-corrected chi connectivity index (χ3v) is 8.79. The minimum Gasteiger partial charge on any atom is -0.264 e. The monoisotopic (exact) mass is 550 g/mol. The number of hydrogen-bond donors (Lipinski definition) is 0. The van der Waals surface area contributed by atoms with Crippen molar-refractivity contribution in [1.82, 2.24) is 9.97 Å². The topological polar surface area (TPSA) is 25.8 Å². The van der Waals surface area contributed by atoms with E-state index in [1.807, 2.05) is 24.7 Å². The highest BCUT2D eigenvalue weighted by molar-refractivity contribution is 6.21. The lowest BCUT2D eigenvalue weighted by Crippen LogP contribution is -1.96. The fourth-order valence-electron chi connectivity index (χ4n) is 6.68. The van der Waals surface area contributed by atoms with Crippen LogP contribution in [0.25, 0.3) is 72.3 Å². The van der Waals surface area contributed by atoms with Gasteiger partial charge in [0.25, 0.3) is 0 Å². The van der Waals surface area contributed by atoms with Crippen LogP contribution in [0.4, 0.5) is 0 Å². The number of benzene rings is 5. The molecular formula is C41H30N2. The van der Waals surface area contributed by atoms with Crippen LogP contribution >= 0.6 is 0 Å². The van der Waals surface area contributed by atoms with Crippen molar-refractivity contribution in [3.05, 3.63) is 151 Å². The predicted molar refractivity (Wildman–Crippen MR) is 181 cm³/mol. The van der Waals surface area contributed by atoms with Crippen molar-refractivity contribution >= 4 is 27.6 Å². The molecule has 2 aromatic heterocycles. The van der Waals surface area contributed by atoms with E-state index < -0.39 is 0 Å². The van der Waals surface area contributed by atoms with Crippen LogP contribution < -0.4 is 0 Å². The quantitative estimate of drug-likeness (QED) is 0.204. The number of nitrogens with zero attached hydrogens (tertiary/aromatic N) is 2. The number of aryl methyl sites for hydroxylation is 2. The van der Waals surface area contributed by atoms with Crippen molar-refractivity contribution in [2.75, 3.05) is 0 Å². The smallest absolute Gasteiger partial charge is 0.0706 e. The highest BCUT2D eigenvalue weighted by Gasteiger charge is 2.18. The zero-order valence-corrected chi connectivity index (χ0v) is 24.1. The fourth-order valence-corrected chi connectivity index (χ4v) is 6.68. The van der Waals surface area contributed by atoms with Gasteiger partial charge in [-0.05, 0) is 104 Å². The molecule has 204 valence electrons. The average molecular weight is 551 g/mol. The third kappa shape index (κ3) is 4.43. The standard InChI is InChI=1S/C41H30N2/c1-27-25-42-22-21-34(27)39-20-19-33(26-43-39)30-11-8-12-31(24-30)40-35-13-4-6-15-37(35)41(38-16-7-5-14-36(38)40)32-18-17-28-9-2-3-10-29(28)23-32/h2,4-9,11-26H,3,10H2,1H3. The van der Waals surface area contributed by atoms with Gasteiger partial charge in [-0.3, -0.25) is 9.97 Å². The summed E-state index contributed by atoms with van der Waals surface area (Å²) in [4.78, 5) is 9.06. The van der Waals surface area contributed by atoms with Gasteiger partial charge in [-0.2, -0.15) is 0 Å². The Hall–Kier alpha value is -5.34. The van der Waals surface area contributed by atoms with Crippen LogP contribution in [0.5, 0.6) is 0 Å². The van der Waals surface area contributed by atoms with E-state index in [0.717, 1.165) is 40.8 Å². The Morgan fingerprint density at radius 1 is 0.581 bits per heavy atom. The second-order valence-electron chi connectivity index (χ2n) is 11.4. The molecule has 0 spiro atoms. The lowest BCUT2D eigenvalue weighted by atomic mass is 9.84. The molecule has 0 aliphatic heterocycles. The van der Waals surface area contributed by atoms with Crippen molar-refractivity contribution in [1.29, 1.82) is 0 Å². The summed E-state index contributed by atoms with van der Waals surface area (Å²) in [6, 6.07) is 40.0. The Kier molecular flexibility index (Phi) is 6.19. The van der Waals surface area contributed by atoms with Crippen molar-refractivity contribution < 1.29 is 0 Å². The molecule has 5 aromatic carbocycles. The van der Waals surface area contributed by atoms with Gasteiger partial charge < -0.3 is 0 Å². The van der Waals surface area contributed by atoms with E-state index in [1.165, 1.54) is 54.9 Å². The first-order valence-electron chi connectivity index (χ1n) is 15.0. The van der Waals surface area contributed by atoms with Crippen molar-refractivity contribution in [3.63, 3.8) is 0 Å². The van der Waals surface area contributed by atoms with Crippen molar-refractivity contribution in [2.45, 2.75) is 19.8 Å². The first-order chi connectivity index (χ1) is 21.2. The molecule has 2 heteroatoms. The number of hydrogen-bond acceptors (Lipinski definition) is 2. The summed E-state index contributed by atoms with van der Waals surface area (Å²) in [5.41, 5.74) is 13.3. The maximum absolute atomic E-state index is 4.83. The molecule has 0 radical (unpaired) electrons. The average Bonchev–Trinajstić information content (AvgIpc) is 3.07. The van der Waals surface area contributed by atoms with Gasteiger partial charge in [-0.25, -0.2) is 0 Å². The molecule has 2 heterocycles. The van der Waals surface area contributed by atoms with E-state index in [2.05, 4.69) is 127 Å². The van der Waals surface area contributed by atoms with Gasteiger partial charge in [0.2, 0.25) is 0 Å². The lowest BCUT2D eigenvalue weighted by molar-refractivity contribution is 0.986. The zero-order valence-electron chi connectivity index (χ0n) is 24.1. The normalized spacial score (nSPS) is 12.5. The summed E-state index contributed by atoms with van der Waals surface area (Å²) in [6.07, 6.45) is 12.4. The summed E-state index contributed by atoms with van der Waals surface area (Å²) >= 11 is 0. The van der Waals surface area contributed by atoms with Gasteiger partial charge in [0.15, 0.2) is 0 Å². The maximum Gasteiger partial charge on any atom is 0.0706 e. The fraction of sp³-hybridized carbons (Fsp3) is 0.0732. The second kappa shape index (κ2) is 10.5. The number of allylic oxidation sites excluding steroid dienone is 1. The van der Waals surface area contributed by atoms with E-state index >= 15 is 0 Å². The van der Waals surface area contributed by atoms with Crippen LogP contribution in [0.15, 0.2) is 134 Å². The van der Waals surface area contributed by atoms with E-state index in [1.54, 1.807) is 0 Å². The van der Waals surface area contributed by atoms with Gasteiger partial charge in [0.05, 0.1) is 5.69 Å². The molecule has 7 aromatic rings. The van der Waals surface area contributed by atoms with E-state index in [-0.39, 0.29) is 0 Å². The van der Waals surface area contributed by atoms with E-state index in [4.69, 9.17) is 4.98 Å². The van der Waals surface area contributed by atoms with E-state index in [0.29, 0.717) is 0 Å². The molecule has 43 heavy (non-hydrogen) atoms. The minimum absolute atomic E-state index is 0.964. The molecule has 0 saturated carbocycles. The van der Waals surface area contributed by atoms with Gasteiger partial charge in [-0.15, -0.1) is 0 Å². The Morgan fingerprint density at radius 3 is 1.93 bits per heavy atom. The Labute approximate surface area is 252 Å². The summed E-state index contributed by atoms with van der Waals surface area (Å²) in [5.74, 6) is 0. The lowest BCUT2D eigenvalue weighted by Gasteiger charge is -2.19. The van der Waals surface area contributed by atoms with Crippen LogP contribution in [-0.4, -0.2) is 9.97 Å². The molecule has 0 saturated heterocycles. The molecular weight excluding hydrogens is 520 g/mol. The Balaban J connectivity index is 1.29. The van der Waals surface area contributed by atoms with Crippen LogP contribution in [0.3, 0.4) is 0 Å². The van der Waals surface area contributed by atoms with Crippen molar-refractivity contribution in [3.8, 4) is 44.6 Å². The van der Waals surface area contributed by atoms with Gasteiger partial charge in [0, 0.05) is 29.7 Å².